The van der Waals surface area contributed by atoms with Crippen LogP contribution in [0.15, 0.2) is 6.07 Å². The SMILES string of the molecule is CC(C)(C)OCN1CC(c2cc(I)n[nH]2)C1. The maximum Gasteiger partial charge on any atom is 0.123 e. The molecule has 1 aliphatic heterocycles. The Morgan fingerprint density at radius 2 is 2.25 bits per heavy atom. The highest BCUT2D eigenvalue weighted by atomic mass is 127. The normalized spacial score (nSPS) is 18.8. The van der Waals surface area contributed by atoms with Crippen LogP contribution in [-0.4, -0.2) is 40.5 Å². The van der Waals surface area contributed by atoms with Gasteiger partial charge in [-0.1, -0.05) is 0 Å². The maximum absolute atomic E-state index is 5.72. The lowest BCUT2D eigenvalue weighted by Gasteiger charge is -2.39. The number of nitrogens with zero attached hydrogens (tertiary/aromatic N) is 2. The number of aromatic nitrogens is 2. The molecule has 0 atom stereocenters. The lowest BCUT2D eigenvalue weighted by molar-refractivity contribution is -0.0863. The fourth-order valence-corrected chi connectivity index (χ4v) is 2.13. The molecule has 1 aliphatic rings. The highest BCUT2D eigenvalue weighted by Gasteiger charge is 2.30. The van der Waals surface area contributed by atoms with E-state index in [0.29, 0.717) is 5.92 Å². The van der Waals surface area contributed by atoms with Gasteiger partial charge < -0.3 is 4.74 Å². The number of ether oxygens (including phenoxy) is 1. The first-order valence-electron chi connectivity index (χ1n) is 5.51. The molecule has 1 saturated heterocycles. The molecule has 0 bridgehead atoms. The van der Waals surface area contributed by atoms with Crippen molar-refractivity contribution in [1.82, 2.24) is 15.1 Å². The average Bonchev–Trinajstić information content (AvgIpc) is 2.47. The molecule has 4 nitrogen and oxygen atoms in total. The Labute approximate surface area is 110 Å². The van der Waals surface area contributed by atoms with Crippen LogP contribution in [0.3, 0.4) is 0 Å². The van der Waals surface area contributed by atoms with Crippen molar-refractivity contribution in [2.24, 2.45) is 0 Å². The van der Waals surface area contributed by atoms with E-state index in [2.05, 4.69) is 64.5 Å². The van der Waals surface area contributed by atoms with Crippen molar-refractivity contribution >= 4 is 22.6 Å². The van der Waals surface area contributed by atoms with Gasteiger partial charge in [0.2, 0.25) is 0 Å². The zero-order valence-corrected chi connectivity index (χ0v) is 12.1. The van der Waals surface area contributed by atoms with Gasteiger partial charge in [-0.05, 0) is 49.4 Å². The minimum atomic E-state index is -0.0472. The summed E-state index contributed by atoms with van der Waals surface area (Å²) in [7, 11) is 0. The summed E-state index contributed by atoms with van der Waals surface area (Å²) >= 11 is 2.23. The molecule has 0 radical (unpaired) electrons. The summed E-state index contributed by atoms with van der Waals surface area (Å²) in [5, 5.41) is 7.22. The van der Waals surface area contributed by atoms with Gasteiger partial charge in [0.1, 0.15) is 3.70 Å². The molecule has 1 aromatic heterocycles. The molecule has 16 heavy (non-hydrogen) atoms. The Balaban J connectivity index is 1.74. The van der Waals surface area contributed by atoms with Crippen molar-refractivity contribution in [3.8, 4) is 0 Å². The van der Waals surface area contributed by atoms with Crippen LogP contribution >= 0.6 is 22.6 Å². The van der Waals surface area contributed by atoms with Gasteiger partial charge in [0.15, 0.2) is 0 Å². The van der Waals surface area contributed by atoms with Crippen LogP contribution in [0.1, 0.15) is 32.4 Å². The van der Waals surface area contributed by atoms with Crippen LogP contribution in [-0.2, 0) is 4.74 Å². The van der Waals surface area contributed by atoms with Crippen molar-refractivity contribution in [3.63, 3.8) is 0 Å². The predicted molar refractivity (Wildman–Crippen MR) is 71.3 cm³/mol. The van der Waals surface area contributed by atoms with Crippen LogP contribution in [0.4, 0.5) is 0 Å². The van der Waals surface area contributed by atoms with Crippen molar-refractivity contribution in [3.05, 3.63) is 15.5 Å². The molecule has 90 valence electrons. The first-order chi connectivity index (χ1) is 7.44. The van der Waals surface area contributed by atoms with Gasteiger partial charge in [0.25, 0.3) is 0 Å². The lowest BCUT2D eigenvalue weighted by atomic mass is 9.97. The Morgan fingerprint density at radius 3 is 2.75 bits per heavy atom. The quantitative estimate of drug-likeness (QED) is 0.861. The minimum Gasteiger partial charge on any atom is -0.360 e. The number of aromatic amines is 1. The Morgan fingerprint density at radius 1 is 1.56 bits per heavy atom. The van der Waals surface area contributed by atoms with Crippen molar-refractivity contribution in [1.29, 1.82) is 0 Å². The molecule has 0 aromatic carbocycles. The summed E-state index contributed by atoms with van der Waals surface area (Å²) in [5.74, 6) is 0.597. The Bertz CT molecular complexity index is 352. The molecule has 5 heteroatoms. The Kier molecular flexibility index (Phi) is 3.56. The summed E-state index contributed by atoms with van der Waals surface area (Å²) in [4.78, 5) is 2.31. The molecule has 1 fully saturated rings. The van der Waals surface area contributed by atoms with Gasteiger partial charge in [-0.15, -0.1) is 0 Å². The Hall–Kier alpha value is -0.140. The number of likely N-dealkylation sites (tertiary alicyclic amines) is 1. The zero-order chi connectivity index (χ0) is 11.8. The van der Waals surface area contributed by atoms with E-state index in [1.165, 1.54) is 5.69 Å². The molecule has 1 N–H and O–H groups in total. The van der Waals surface area contributed by atoms with Gasteiger partial charge in [-0.3, -0.25) is 10.00 Å². The number of hydrogen-bond donors (Lipinski definition) is 1. The number of nitrogens with one attached hydrogen (secondary N) is 1. The zero-order valence-electron chi connectivity index (χ0n) is 9.96. The minimum absolute atomic E-state index is 0.0472. The molecular formula is C11H18IN3O. The van der Waals surface area contributed by atoms with Crippen LogP contribution in [0.5, 0.6) is 0 Å². The first kappa shape index (κ1) is 12.3. The largest absolute Gasteiger partial charge is 0.360 e. The van der Waals surface area contributed by atoms with Crippen LogP contribution in [0.2, 0.25) is 0 Å². The summed E-state index contributed by atoms with van der Waals surface area (Å²) in [6, 6.07) is 2.12. The summed E-state index contributed by atoms with van der Waals surface area (Å²) in [6.45, 7) is 9.11. The first-order valence-corrected chi connectivity index (χ1v) is 6.59. The third-order valence-electron chi connectivity index (χ3n) is 2.64. The van der Waals surface area contributed by atoms with Gasteiger partial charge in [-0.2, -0.15) is 5.10 Å². The number of H-pyrrole nitrogens is 1. The van der Waals surface area contributed by atoms with Crippen molar-refractivity contribution in [2.45, 2.75) is 32.3 Å². The lowest BCUT2D eigenvalue weighted by Crippen LogP contribution is -2.47. The van der Waals surface area contributed by atoms with Crippen molar-refractivity contribution < 1.29 is 4.74 Å². The van der Waals surface area contributed by atoms with Gasteiger partial charge in [-0.25, -0.2) is 0 Å². The van der Waals surface area contributed by atoms with Crippen LogP contribution < -0.4 is 0 Å². The van der Waals surface area contributed by atoms with Crippen LogP contribution in [0, 0.1) is 3.70 Å². The van der Waals surface area contributed by atoms with E-state index in [9.17, 15) is 0 Å². The summed E-state index contributed by atoms with van der Waals surface area (Å²) < 4.78 is 6.76. The maximum atomic E-state index is 5.72. The predicted octanol–water partition coefficient (Wildman–Crippen LogP) is 2.19. The molecule has 0 amide bonds. The summed E-state index contributed by atoms with van der Waals surface area (Å²) in [5.41, 5.74) is 1.20. The van der Waals surface area contributed by atoms with E-state index in [-0.39, 0.29) is 5.60 Å². The molecule has 0 saturated carbocycles. The van der Waals surface area contributed by atoms with E-state index in [0.717, 1.165) is 23.5 Å². The molecular weight excluding hydrogens is 317 g/mol. The smallest absolute Gasteiger partial charge is 0.123 e. The van der Waals surface area contributed by atoms with Crippen LogP contribution in [0.25, 0.3) is 0 Å². The number of halogens is 1. The second kappa shape index (κ2) is 4.62. The van der Waals surface area contributed by atoms with Crippen molar-refractivity contribution in [2.75, 3.05) is 19.8 Å². The standard InChI is InChI=1S/C11H18IN3O/c1-11(2,3)16-7-15-5-8(6-15)9-4-10(12)14-13-9/h4,8H,5-7H2,1-3H3,(H,13,14). The average molecular weight is 335 g/mol. The van der Waals surface area contributed by atoms with Gasteiger partial charge >= 0.3 is 0 Å². The molecule has 1 aromatic rings. The van der Waals surface area contributed by atoms with E-state index < -0.39 is 0 Å². The highest BCUT2D eigenvalue weighted by Crippen LogP contribution is 2.26. The monoisotopic (exact) mass is 335 g/mol. The van der Waals surface area contributed by atoms with Gasteiger partial charge in [0, 0.05) is 24.7 Å². The molecule has 0 spiro atoms. The van der Waals surface area contributed by atoms with Gasteiger partial charge in [0.05, 0.1) is 12.3 Å². The topological polar surface area (TPSA) is 41.1 Å². The van der Waals surface area contributed by atoms with E-state index in [1.807, 2.05) is 0 Å². The van der Waals surface area contributed by atoms with E-state index >= 15 is 0 Å². The summed E-state index contributed by atoms with van der Waals surface area (Å²) in [6.07, 6.45) is 0. The third kappa shape index (κ3) is 3.18. The fourth-order valence-electron chi connectivity index (χ4n) is 1.68. The molecule has 2 rings (SSSR count). The molecule has 2 heterocycles. The second-order valence-electron chi connectivity index (χ2n) is 5.26. The van der Waals surface area contributed by atoms with E-state index in [1.54, 1.807) is 0 Å². The molecule has 0 unspecified atom stereocenters. The number of hydrogen-bond acceptors (Lipinski definition) is 3. The fraction of sp³-hybridized carbons (Fsp3) is 0.727. The third-order valence-corrected chi connectivity index (χ3v) is 3.20. The highest BCUT2D eigenvalue weighted by molar-refractivity contribution is 14.1. The molecule has 0 aliphatic carbocycles. The van der Waals surface area contributed by atoms with E-state index in [4.69, 9.17) is 4.74 Å². The second-order valence-corrected chi connectivity index (χ2v) is 6.37. The number of rotatable bonds is 3.